The summed E-state index contributed by atoms with van der Waals surface area (Å²) in [5, 5.41) is 6.72. The molecular formula is C25H25N3O6. The van der Waals surface area contributed by atoms with Gasteiger partial charge in [-0.15, -0.1) is 0 Å². The van der Waals surface area contributed by atoms with Gasteiger partial charge in [0.2, 0.25) is 0 Å². The number of ether oxygens (including phenoxy) is 4. The van der Waals surface area contributed by atoms with Gasteiger partial charge in [-0.05, 0) is 66.2 Å². The summed E-state index contributed by atoms with van der Waals surface area (Å²) in [5.41, 5.74) is 4.18. The van der Waals surface area contributed by atoms with Crippen molar-refractivity contribution in [2.75, 3.05) is 33.3 Å². The normalized spacial score (nSPS) is 10.4. The first-order valence-corrected chi connectivity index (χ1v) is 10.2. The lowest BCUT2D eigenvalue weighted by atomic mass is 10.2. The van der Waals surface area contributed by atoms with E-state index in [1.165, 1.54) is 20.4 Å². The summed E-state index contributed by atoms with van der Waals surface area (Å²) >= 11 is 0. The van der Waals surface area contributed by atoms with Crippen LogP contribution < -0.4 is 29.7 Å². The van der Waals surface area contributed by atoms with Crippen LogP contribution in [0.1, 0.15) is 15.9 Å². The van der Waals surface area contributed by atoms with E-state index in [1.807, 2.05) is 0 Å². The Balaban J connectivity index is 1.55. The Hall–Kier alpha value is -4.53. The molecule has 3 aromatic rings. The van der Waals surface area contributed by atoms with Gasteiger partial charge in [0.15, 0.2) is 18.1 Å². The van der Waals surface area contributed by atoms with E-state index >= 15 is 0 Å². The Labute approximate surface area is 197 Å². The van der Waals surface area contributed by atoms with E-state index in [1.54, 1.807) is 73.8 Å². The van der Waals surface area contributed by atoms with Crippen LogP contribution in [-0.4, -0.2) is 46.0 Å². The minimum Gasteiger partial charge on any atom is -0.497 e. The highest BCUT2D eigenvalue weighted by Gasteiger charge is 2.09. The molecular weight excluding hydrogens is 438 g/mol. The smallest absolute Gasteiger partial charge is 0.271 e. The number of nitrogens with one attached hydrogen (secondary N) is 2. The van der Waals surface area contributed by atoms with Crippen molar-refractivity contribution in [1.82, 2.24) is 5.43 Å². The maximum Gasteiger partial charge on any atom is 0.271 e. The number of rotatable bonds is 10. The zero-order valence-electron chi connectivity index (χ0n) is 19.0. The second-order valence-electron chi connectivity index (χ2n) is 6.91. The number of hydrogen-bond acceptors (Lipinski definition) is 7. The quantitative estimate of drug-likeness (QED) is 0.352. The van der Waals surface area contributed by atoms with Crippen LogP contribution >= 0.6 is 0 Å². The van der Waals surface area contributed by atoms with Crippen LogP contribution in [0, 0.1) is 0 Å². The lowest BCUT2D eigenvalue weighted by Crippen LogP contribution is -2.20. The van der Waals surface area contributed by atoms with Crippen molar-refractivity contribution < 1.29 is 28.5 Å². The first-order chi connectivity index (χ1) is 16.5. The molecule has 0 atom stereocenters. The highest BCUT2D eigenvalue weighted by atomic mass is 16.5. The van der Waals surface area contributed by atoms with Gasteiger partial charge < -0.3 is 24.3 Å². The van der Waals surface area contributed by atoms with E-state index in [0.29, 0.717) is 39.8 Å². The summed E-state index contributed by atoms with van der Waals surface area (Å²) in [6, 6.07) is 18.8. The maximum atomic E-state index is 12.2. The van der Waals surface area contributed by atoms with Crippen molar-refractivity contribution in [2.45, 2.75) is 0 Å². The molecule has 0 heterocycles. The second kappa shape index (κ2) is 11.9. The second-order valence-corrected chi connectivity index (χ2v) is 6.91. The molecule has 0 aliphatic carbocycles. The molecule has 176 valence electrons. The number of methoxy groups -OCH3 is 3. The van der Waals surface area contributed by atoms with Crippen LogP contribution in [0.25, 0.3) is 0 Å². The molecule has 9 nitrogen and oxygen atoms in total. The molecule has 2 N–H and O–H groups in total. The third kappa shape index (κ3) is 6.73. The van der Waals surface area contributed by atoms with Gasteiger partial charge in [-0.25, -0.2) is 5.43 Å². The van der Waals surface area contributed by atoms with Crippen LogP contribution in [0.5, 0.6) is 23.0 Å². The average molecular weight is 463 g/mol. The number of carbonyl (C=O) groups is 2. The molecule has 3 aromatic carbocycles. The molecule has 0 bridgehead atoms. The van der Waals surface area contributed by atoms with Crippen molar-refractivity contribution in [2.24, 2.45) is 5.10 Å². The SMILES string of the molecule is COc1ccc(NC(=O)COc2ccc(C=NNC(=O)c3cccc(OC)c3)cc2OC)cc1. The summed E-state index contributed by atoms with van der Waals surface area (Å²) in [5.74, 6) is 1.39. The molecule has 2 amide bonds. The van der Waals surface area contributed by atoms with Crippen LogP contribution in [0.2, 0.25) is 0 Å². The van der Waals surface area contributed by atoms with E-state index in [-0.39, 0.29) is 18.4 Å². The van der Waals surface area contributed by atoms with Crippen molar-refractivity contribution in [3.63, 3.8) is 0 Å². The fourth-order valence-electron chi connectivity index (χ4n) is 2.89. The summed E-state index contributed by atoms with van der Waals surface area (Å²) in [7, 11) is 4.60. The molecule has 0 radical (unpaired) electrons. The number of nitrogens with zero attached hydrogens (tertiary/aromatic N) is 1. The standard InChI is InChI=1S/C25H25N3O6/c1-31-20-10-8-19(9-11-20)27-24(29)16-34-22-12-7-17(13-23(22)33-3)15-26-28-25(30)18-5-4-6-21(14-18)32-2/h4-15H,16H2,1-3H3,(H,27,29)(H,28,30). The number of benzene rings is 3. The summed E-state index contributed by atoms with van der Waals surface area (Å²) < 4.78 is 21.2. The summed E-state index contributed by atoms with van der Waals surface area (Å²) in [4.78, 5) is 24.4. The number of carbonyl (C=O) groups excluding carboxylic acids is 2. The van der Waals surface area contributed by atoms with Gasteiger partial charge in [0, 0.05) is 11.3 Å². The lowest BCUT2D eigenvalue weighted by molar-refractivity contribution is -0.118. The van der Waals surface area contributed by atoms with Gasteiger partial charge in [0.05, 0.1) is 27.5 Å². The van der Waals surface area contributed by atoms with Crippen molar-refractivity contribution >= 4 is 23.7 Å². The van der Waals surface area contributed by atoms with Crippen LogP contribution in [-0.2, 0) is 4.79 Å². The summed E-state index contributed by atoms with van der Waals surface area (Å²) in [6.07, 6.45) is 1.47. The molecule has 0 saturated heterocycles. The molecule has 34 heavy (non-hydrogen) atoms. The molecule has 9 heteroatoms. The van der Waals surface area contributed by atoms with Gasteiger partial charge in [-0.2, -0.15) is 5.10 Å². The fraction of sp³-hybridized carbons (Fsp3) is 0.160. The number of hydrazone groups is 1. The molecule has 0 spiro atoms. The molecule has 0 aliphatic rings. The largest absolute Gasteiger partial charge is 0.497 e. The highest BCUT2D eigenvalue weighted by molar-refractivity contribution is 5.95. The zero-order valence-corrected chi connectivity index (χ0v) is 19.0. The average Bonchev–Trinajstić information content (AvgIpc) is 2.88. The first-order valence-electron chi connectivity index (χ1n) is 10.2. The van der Waals surface area contributed by atoms with Crippen molar-refractivity contribution in [3.05, 3.63) is 77.9 Å². The summed E-state index contributed by atoms with van der Waals surface area (Å²) in [6.45, 7) is -0.202. The van der Waals surface area contributed by atoms with Gasteiger partial charge in [-0.3, -0.25) is 9.59 Å². The number of amides is 2. The fourth-order valence-corrected chi connectivity index (χ4v) is 2.89. The Morgan fingerprint density at radius 2 is 1.62 bits per heavy atom. The molecule has 0 saturated carbocycles. The molecule has 0 aromatic heterocycles. The van der Waals surface area contributed by atoms with Gasteiger partial charge >= 0.3 is 0 Å². The van der Waals surface area contributed by atoms with E-state index in [0.717, 1.165) is 0 Å². The number of anilines is 1. The molecule has 0 aliphatic heterocycles. The Morgan fingerprint density at radius 3 is 2.32 bits per heavy atom. The zero-order chi connectivity index (χ0) is 24.3. The van der Waals surface area contributed by atoms with E-state index in [9.17, 15) is 9.59 Å². The van der Waals surface area contributed by atoms with Crippen LogP contribution in [0.4, 0.5) is 5.69 Å². The topological polar surface area (TPSA) is 107 Å². The Morgan fingerprint density at radius 1 is 0.853 bits per heavy atom. The highest BCUT2D eigenvalue weighted by Crippen LogP contribution is 2.27. The van der Waals surface area contributed by atoms with Gasteiger partial charge in [0.1, 0.15) is 11.5 Å². The third-order valence-corrected chi connectivity index (χ3v) is 4.63. The first kappa shape index (κ1) is 24.1. The van der Waals surface area contributed by atoms with E-state index < -0.39 is 0 Å². The monoisotopic (exact) mass is 463 g/mol. The maximum absolute atomic E-state index is 12.2. The predicted molar refractivity (Wildman–Crippen MR) is 128 cm³/mol. The Bertz CT molecular complexity index is 1160. The van der Waals surface area contributed by atoms with Gasteiger partial charge in [-0.1, -0.05) is 6.07 Å². The van der Waals surface area contributed by atoms with Crippen LogP contribution in [0.15, 0.2) is 71.8 Å². The van der Waals surface area contributed by atoms with Crippen LogP contribution in [0.3, 0.4) is 0 Å². The molecule has 3 rings (SSSR count). The minimum absolute atomic E-state index is 0.202. The predicted octanol–water partition coefficient (Wildman–Crippen LogP) is 3.49. The van der Waals surface area contributed by atoms with Crippen molar-refractivity contribution in [3.8, 4) is 23.0 Å². The van der Waals surface area contributed by atoms with E-state index in [4.69, 9.17) is 18.9 Å². The van der Waals surface area contributed by atoms with E-state index in [2.05, 4.69) is 15.8 Å². The molecule has 0 fully saturated rings. The Kier molecular flexibility index (Phi) is 8.45. The minimum atomic E-state index is -0.370. The lowest BCUT2D eigenvalue weighted by Gasteiger charge is -2.11. The van der Waals surface area contributed by atoms with Crippen molar-refractivity contribution in [1.29, 1.82) is 0 Å². The third-order valence-electron chi connectivity index (χ3n) is 4.63. The van der Waals surface area contributed by atoms with Gasteiger partial charge in [0.25, 0.3) is 11.8 Å². The number of hydrogen-bond donors (Lipinski definition) is 2. The molecule has 0 unspecified atom stereocenters.